The minimum atomic E-state index is -5.57. The van der Waals surface area contributed by atoms with Crippen molar-refractivity contribution in [3.63, 3.8) is 0 Å². The van der Waals surface area contributed by atoms with Crippen LogP contribution in [0.3, 0.4) is 0 Å². The molecule has 0 radical (unpaired) electrons. The summed E-state index contributed by atoms with van der Waals surface area (Å²) in [4.78, 5) is 17.6. The van der Waals surface area contributed by atoms with E-state index in [2.05, 4.69) is 15.9 Å². The van der Waals surface area contributed by atoms with Crippen LogP contribution in [0, 0.1) is 6.92 Å². The summed E-state index contributed by atoms with van der Waals surface area (Å²) in [5.41, 5.74) is -4.05. The monoisotopic (exact) mass is 350 g/mol. The molecule has 2 rings (SSSR count). The van der Waals surface area contributed by atoms with Crippen LogP contribution < -0.4 is 0 Å². The molecule has 19 heavy (non-hydrogen) atoms. The lowest BCUT2D eigenvalue weighted by atomic mass is 10.0. The number of fused-ring (bicyclic) bond motifs is 1. The van der Waals surface area contributed by atoms with E-state index in [9.17, 15) is 13.3 Å². The summed E-state index contributed by atoms with van der Waals surface area (Å²) in [7, 11) is -5.57. The van der Waals surface area contributed by atoms with Crippen LogP contribution in [0.2, 0.25) is 0 Å². The van der Waals surface area contributed by atoms with Crippen LogP contribution in [0.4, 0.5) is 8.78 Å². The second-order valence-corrected chi connectivity index (χ2v) is 6.77. The van der Waals surface area contributed by atoms with Gasteiger partial charge < -0.3 is 9.79 Å². The summed E-state index contributed by atoms with van der Waals surface area (Å²) < 4.78 is 38.4. The molecule has 0 aliphatic heterocycles. The van der Waals surface area contributed by atoms with E-state index in [1.54, 1.807) is 12.1 Å². The number of benzene rings is 2. The van der Waals surface area contributed by atoms with Gasteiger partial charge in [0.15, 0.2) is 0 Å². The van der Waals surface area contributed by atoms with Crippen LogP contribution in [0.5, 0.6) is 0 Å². The fourth-order valence-corrected chi connectivity index (χ4v) is 3.04. The maximum absolute atomic E-state index is 13.8. The van der Waals surface area contributed by atoms with Crippen molar-refractivity contribution in [1.82, 2.24) is 0 Å². The van der Waals surface area contributed by atoms with Crippen molar-refractivity contribution in [1.29, 1.82) is 0 Å². The first-order valence-corrected chi connectivity index (χ1v) is 7.67. The van der Waals surface area contributed by atoms with Gasteiger partial charge in [0.1, 0.15) is 0 Å². The first-order valence-electron chi connectivity index (χ1n) is 5.27. The van der Waals surface area contributed by atoms with E-state index in [0.717, 1.165) is 11.6 Å². The molecule has 0 aromatic heterocycles. The van der Waals surface area contributed by atoms with E-state index >= 15 is 0 Å². The second kappa shape index (κ2) is 4.63. The first-order chi connectivity index (χ1) is 8.63. The van der Waals surface area contributed by atoms with E-state index < -0.39 is 18.8 Å². The Bertz CT molecular complexity index is 697. The third-order valence-electron chi connectivity index (χ3n) is 2.77. The third kappa shape index (κ3) is 2.58. The molecule has 102 valence electrons. The Hall–Kier alpha value is -0.810. The highest BCUT2D eigenvalue weighted by Crippen LogP contribution is 2.60. The van der Waals surface area contributed by atoms with Gasteiger partial charge in [0, 0.05) is 10.0 Å². The Morgan fingerprint density at radius 1 is 1.16 bits per heavy atom. The first kappa shape index (κ1) is 14.6. The van der Waals surface area contributed by atoms with Crippen molar-refractivity contribution in [3.8, 4) is 0 Å². The third-order valence-corrected chi connectivity index (χ3v) is 4.40. The predicted octanol–water partition coefficient (Wildman–Crippen LogP) is 4.14. The van der Waals surface area contributed by atoms with E-state index in [-0.39, 0.29) is 4.47 Å². The van der Waals surface area contributed by atoms with Crippen molar-refractivity contribution in [2.24, 2.45) is 0 Å². The Labute approximate surface area is 116 Å². The summed E-state index contributed by atoms with van der Waals surface area (Å²) in [5.74, 6) is 0. The number of rotatable bonds is 2. The second-order valence-electron chi connectivity index (χ2n) is 4.27. The quantitative estimate of drug-likeness (QED) is 0.800. The smallest absolute Gasteiger partial charge is 0.320 e. The number of alkyl halides is 2. The zero-order valence-corrected chi connectivity index (χ0v) is 12.3. The number of aryl methyl sites for hydroxylation is 1. The van der Waals surface area contributed by atoms with E-state index in [0.29, 0.717) is 10.8 Å². The van der Waals surface area contributed by atoms with Gasteiger partial charge in [-0.15, -0.1) is 0 Å². The summed E-state index contributed by atoms with van der Waals surface area (Å²) in [6, 6.07) is 7.80. The predicted molar refractivity (Wildman–Crippen MR) is 72.3 cm³/mol. The van der Waals surface area contributed by atoms with Gasteiger partial charge in [-0.3, -0.25) is 4.57 Å². The fourth-order valence-electron chi connectivity index (χ4n) is 1.78. The number of hydrogen-bond acceptors (Lipinski definition) is 1. The molecule has 0 aliphatic rings. The van der Waals surface area contributed by atoms with Crippen molar-refractivity contribution >= 4 is 34.3 Å². The zero-order chi connectivity index (χ0) is 14.4. The molecule has 3 nitrogen and oxygen atoms in total. The summed E-state index contributed by atoms with van der Waals surface area (Å²) in [5, 5.41) is 1.22. The van der Waals surface area contributed by atoms with Gasteiger partial charge in [0.25, 0.3) is 0 Å². The van der Waals surface area contributed by atoms with Crippen molar-refractivity contribution in [2.45, 2.75) is 12.6 Å². The van der Waals surface area contributed by atoms with Gasteiger partial charge in [0.05, 0.1) is 0 Å². The Morgan fingerprint density at radius 3 is 2.37 bits per heavy atom. The molecule has 0 heterocycles. The number of halogens is 3. The SMILES string of the molecule is Cc1ccc2cc(Br)c(C(F)(F)P(=O)(O)O)cc2c1. The molecule has 2 aromatic rings. The van der Waals surface area contributed by atoms with Crippen molar-refractivity contribution in [3.05, 3.63) is 45.9 Å². The normalized spacial score (nSPS) is 12.9. The van der Waals surface area contributed by atoms with Gasteiger partial charge in [-0.1, -0.05) is 39.7 Å². The Kier molecular flexibility index (Phi) is 3.56. The molecule has 0 atom stereocenters. The average molecular weight is 351 g/mol. The lowest BCUT2D eigenvalue weighted by Gasteiger charge is -2.19. The maximum Gasteiger partial charge on any atom is 0.399 e. The molecule has 0 spiro atoms. The maximum atomic E-state index is 13.8. The molecule has 0 saturated carbocycles. The molecule has 0 saturated heterocycles. The molecular weight excluding hydrogens is 341 g/mol. The van der Waals surface area contributed by atoms with Gasteiger partial charge in [-0.25, -0.2) is 0 Å². The summed E-state index contributed by atoms with van der Waals surface area (Å²) >= 11 is 2.94. The standard InChI is InChI=1S/C12H10BrF2O3P/c1-7-2-3-8-6-11(13)10(5-9(8)4-7)12(14,15)19(16,17)18/h2-6H,1H3,(H2,16,17,18). The van der Waals surface area contributed by atoms with Crippen LogP contribution in [-0.2, 0) is 10.2 Å². The molecule has 0 bridgehead atoms. The zero-order valence-electron chi connectivity index (χ0n) is 9.77. The van der Waals surface area contributed by atoms with E-state index in [4.69, 9.17) is 9.79 Å². The average Bonchev–Trinajstić information content (AvgIpc) is 2.27. The van der Waals surface area contributed by atoms with E-state index in [1.807, 2.05) is 13.0 Å². The molecule has 0 amide bonds. The minimum absolute atomic E-state index is 0.0304. The van der Waals surface area contributed by atoms with Gasteiger partial charge >= 0.3 is 13.3 Å². The van der Waals surface area contributed by atoms with Crippen molar-refractivity contribution in [2.75, 3.05) is 0 Å². The van der Waals surface area contributed by atoms with Crippen LogP contribution in [0.1, 0.15) is 11.1 Å². The lowest BCUT2D eigenvalue weighted by molar-refractivity contribution is 0.0559. The molecule has 7 heteroatoms. The van der Waals surface area contributed by atoms with Crippen LogP contribution in [-0.4, -0.2) is 9.79 Å². The minimum Gasteiger partial charge on any atom is -0.320 e. The highest BCUT2D eigenvalue weighted by atomic mass is 79.9. The highest BCUT2D eigenvalue weighted by Gasteiger charge is 2.51. The van der Waals surface area contributed by atoms with Gasteiger partial charge in [-0.2, -0.15) is 8.78 Å². The molecule has 0 unspecified atom stereocenters. The summed E-state index contributed by atoms with van der Waals surface area (Å²) in [6.45, 7) is 1.81. The molecule has 2 aromatic carbocycles. The van der Waals surface area contributed by atoms with Crippen LogP contribution in [0.15, 0.2) is 34.8 Å². The van der Waals surface area contributed by atoms with Crippen LogP contribution in [0.25, 0.3) is 10.8 Å². The van der Waals surface area contributed by atoms with E-state index in [1.165, 1.54) is 6.07 Å². The Morgan fingerprint density at radius 2 is 1.79 bits per heavy atom. The topological polar surface area (TPSA) is 57.5 Å². The van der Waals surface area contributed by atoms with Gasteiger partial charge in [0.2, 0.25) is 0 Å². The number of hydrogen-bond donors (Lipinski definition) is 2. The molecule has 0 aliphatic carbocycles. The van der Waals surface area contributed by atoms with Crippen LogP contribution >= 0.6 is 23.5 Å². The van der Waals surface area contributed by atoms with Crippen molar-refractivity contribution < 1.29 is 23.1 Å². The molecule has 2 N–H and O–H groups in total. The largest absolute Gasteiger partial charge is 0.399 e. The molecule has 0 fully saturated rings. The Balaban J connectivity index is 2.74. The fraction of sp³-hybridized carbons (Fsp3) is 0.167. The highest BCUT2D eigenvalue weighted by molar-refractivity contribution is 9.10. The molecular formula is C12H10BrF2O3P. The lowest BCUT2D eigenvalue weighted by Crippen LogP contribution is -2.14. The summed E-state index contributed by atoms with van der Waals surface area (Å²) in [6.07, 6.45) is 0. The van der Waals surface area contributed by atoms with Gasteiger partial charge in [-0.05, 0) is 29.8 Å².